The molecule has 1 saturated carbocycles. The lowest BCUT2D eigenvalue weighted by atomic mass is 9.75. The van der Waals surface area contributed by atoms with E-state index >= 15 is 0 Å². The third-order valence-electron chi connectivity index (χ3n) is 4.81. The van der Waals surface area contributed by atoms with Gasteiger partial charge in [0.15, 0.2) is 0 Å². The van der Waals surface area contributed by atoms with Crippen LogP contribution in [0.5, 0.6) is 0 Å². The van der Waals surface area contributed by atoms with Crippen LogP contribution in [0.25, 0.3) is 6.08 Å². The molecule has 1 N–H and O–H groups in total. The number of carboxylic acids is 1. The van der Waals surface area contributed by atoms with Crippen LogP contribution in [0.4, 0.5) is 5.82 Å². The lowest BCUT2D eigenvalue weighted by Gasteiger charge is -2.42. The molecular weight excluding hydrogens is 264 g/mol. The zero-order valence-electron chi connectivity index (χ0n) is 12.2. The Morgan fingerprint density at radius 3 is 2.90 bits per heavy atom. The number of hydrogen-bond acceptors (Lipinski definition) is 3. The normalized spacial score (nSPS) is 25.8. The van der Waals surface area contributed by atoms with E-state index in [-0.39, 0.29) is 0 Å². The topological polar surface area (TPSA) is 53.4 Å². The Hall–Kier alpha value is -1.84. The van der Waals surface area contributed by atoms with Gasteiger partial charge in [-0.3, -0.25) is 0 Å². The van der Waals surface area contributed by atoms with E-state index < -0.39 is 5.97 Å². The van der Waals surface area contributed by atoms with Gasteiger partial charge in [-0.05, 0) is 42.9 Å². The van der Waals surface area contributed by atoms with E-state index in [4.69, 9.17) is 5.11 Å². The number of pyridine rings is 1. The van der Waals surface area contributed by atoms with Crippen LogP contribution in [0.1, 0.15) is 37.7 Å². The maximum absolute atomic E-state index is 10.7. The van der Waals surface area contributed by atoms with Gasteiger partial charge in [-0.1, -0.05) is 19.3 Å². The second kappa shape index (κ2) is 6.29. The van der Waals surface area contributed by atoms with Gasteiger partial charge in [0.1, 0.15) is 5.82 Å². The molecule has 0 aromatic carbocycles. The Morgan fingerprint density at radius 2 is 2.10 bits per heavy atom. The van der Waals surface area contributed by atoms with Crippen molar-refractivity contribution in [3.8, 4) is 0 Å². The van der Waals surface area contributed by atoms with Crippen LogP contribution in [0, 0.1) is 11.8 Å². The van der Waals surface area contributed by atoms with E-state index in [1.807, 2.05) is 12.1 Å². The lowest BCUT2D eigenvalue weighted by Crippen LogP contribution is -2.42. The Morgan fingerprint density at radius 1 is 1.29 bits per heavy atom. The van der Waals surface area contributed by atoms with Crippen molar-refractivity contribution in [1.29, 1.82) is 0 Å². The van der Waals surface area contributed by atoms with Gasteiger partial charge in [0, 0.05) is 30.9 Å². The lowest BCUT2D eigenvalue weighted by molar-refractivity contribution is -0.131. The number of carbonyl (C=O) groups is 1. The number of anilines is 1. The summed E-state index contributed by atoms with van der Waals surface area (Å²) in [4.78, 5) is 17.6. The second-order valence-corrected chi connectivity index (χ2v) is 6.13. The molecule has 21 heavy (non-hydrogen) atoms. The smallest absolute Gasteiger partial charge is 0.328 e. The fraction of sp³-hybridized carbons (Fsp3) is 0.529. The molecule has 2 heterocycles. The second-order valence-electron chi connectivity index (χ2n) is 6.13. The quantitative estimate of drug-likeness (QED) is 0.867. The molecule has 0 amide bonds. The third kappa shape index (κ3) is 3.26. The predicted molar refractivity (Wildman–Crippen MR) is 83.2 cm³/mol. The number of aromatic nitrogens is 1. The minimum Gasteiger partial charge on any atom is -0.478 e. The van der Waals surface area contributed by atoms with Crippen LogP contribution in [0.15, 0.2) is 24.4 Å². The molecule has 0 bridgehead atoms. The Kier molecular flexibility index (Phi) is 4.23. The molecule has 0 spiro atoms. The highest BCUT2D eigenvalue weighted by Gasteiger charge is 2.31. The highest BCUT2D eigenvalue weighted by atomic mass is 16.4. The summed E-state index contributed by atoms with van der Waals surface area (Å²) in [5.74, 6) is 1.68. The van der Waals surface area contributed by atoms with Crippen molar-refractivity contribution < 1.29 is 9.90 Å². The molecule has 4 nitrogen and oxygen atoms in total. The molecule has 2 unspecified atom stereocenters. The van der Waals surface area contributed by atoms with Crippen molar-refractivity contribution in [3.05, 3.63) is 30.0 Å². The van der Waals surface area contributed by atoms with Gasteiger partial charge in [0.25, 0.3) is 0 Å². The average molecular weight is 286 g/mol. The SMILES string of the molecule is O=C(O)/C=C/c1cccnc1N1CCC2CCCCC2C1. The summed E-state index contributed by atoms with van der Waals surface area (Å²) in [7, 11) is 0. The fourth-order valence-corrected chi connectivity index (χ4v) is 3.76. The van der Waals surface area contributed by atoms with E-state index in [1.54, 1.807) is 12.3 Å². The van der Waals surface area contributed by atoms with E-state index in [2.05, 4.69) is 9.88 Å². The molecular formula is C17H22N2O2. The monoisotopic (exact) mass is 286 g/mol. The maximum atomic E-state index is 10.7. The summed E-state index contributed by atoms with van der Waals surface area (Å²) in [6.07, 6.45) is 11.3. The van der Waals surface area contributed by atoms with Crippen molar-refractivity contribution in [2.45, 2.75) is 32.1 Å². The first-order chi connectivity index (χ1) is 10.2. The molecule has 2 fully saturated rings. The van der Waals surface area contributed by atoms with Crippen molar-refractivity contribution >= 4 is 17.9 Å². The van der Waals surface area contributed by atoms with E-state index in [1.165, 1.54) is 38.2 Å². The molecule has 112 valence electrons. The number of fused-ring (bicyclic) bond motifs is 1. The third-order valence-corrected chi connectivity index (χ3v) is 4.81. The van der Waals surface area contributed by atoms with Crippen molar-refractivity contribution in [2.75, 3.05) is 18.0 Å². The van der Waals surface area contributed by atoms with Crippen LogP contribution < -0.4 is 4.90 Å². The molecule has 1 aliphatic heterocycles. The Labute approximate surface area is 125 Å². The van der Waals surface area contributed by atoms with E-state index in [9.17, 15) is 4.79 Å². The molecule has 0 radical (unpaired) electrons. The molecule has 1 aromatic heterocycles. The summed E-state index contributed by atoms with van der Waals surface area (Å²) in [5.41, 5.74) is 0.897. The average Bonchev–Trinajstić information content (AvgIpc) is 2.52. The molecule has 1 aromatic rings. The van der Waals surface area contributed by atoms with Crippen molar-refractivity contribution in [3.63, 3.8) is 0 Å². The first kappa shape index (κ1) is 14.1. The summed E-state index contributed by atoms with van der Waals surface area (Å²) in [6.45, 7) is 2.10. The van der Waals surface area contributed by atoms with Crippen LogP contribution in [-0.4, -0.2) is 29.1 Å². The zero-order valence-corrected chi connectivity index (χ0v) is 12.2. The highest BCUT2D eigenvalue weighted by molar-refractivity contribution is 5.86. The molecule has 2 atom stereocenters. The minimum absolute atomic E-state index is 0.783. The Bertz CT molecular complexity index is 541. The summed E-state index contributed by atoms with van der Waals surface area (Å²) < 4.78 is 0. The minimum atomic E-state index is -0.921. The first-order valence-corrected chi connectivity index (χ1v) is 7.85. The maximum Gasteiger partial charge on any atom is 0.328 e. The van der Waals surface area contributed by atoms with Crippen LogP contribution >= 0.6 is 0 Å². The molecule has 4 heteroatoms. The largest absolute Gasteiger partial charge is 0.478 e. The summed E-state index contributed by atoms with van der Waals surface area (Å²) in [5, 5.41) is 8.81. The molecule has 3 rings (SSSR count). The number of hydrogen-bond donors (Lipinski definition) is 1. The van der Waals surface area contributed by atoms with Gasteiger partial charge in [-0.25, -0.2) is 9.78 Å². The molecule has 2 aliphatic rings. The van der Waals surface area contributed by atoms with Crippen molar-refractivity contribution in [1.82, 2.24) is 4.98 Å². The Balaban J connectivity index is 1.79. The van der Waals surface area contributed by atoms with E-state index in [0.717, 1.165) is 36.3 Å². The van der Waals surface area contributed by atoms with Gasteiger partial charge in [0.2, 0.25) is 0 Å². The standard InChI is InChI=1S/C17H22N2O2/c20-16(21)8-7-14-6-3-10-18-17(14)19-11-9-13-4-1-2-5-15(13)12-19/h3,6-8,10,13,15H,1-2,4-5,9,11-12H2,(H,20,21)/b8-7+. The number of nitrogens with zero attached hydrogens (tertiary/aromatic N) is 2. The van der Waals surface area contributed by atoms with Crippen LogP contribution in [-0.2, 0) is 4.79 Å². The number of aliphatic carboxylic acids is 1. The predicted octanol–water partition coefficient (Wildman–Crippen LogP) is 3.20. The number of carboxylic acid groups (broad SMARTS) is 1. The zero-order chi connectivity index (χ0) is 14.7. The van der Waals surface area contributed by atoms with Gasteiger partial charge in [0.05, 0.1) is 0 Å². The number of rotatable bonds is 3. The van der Waals surface area contributed by atoms with Crippen LogP contribution in [0.2, 0.25) is 0 Å². The van der Waals surface area contributed by atoms with E-state index in [0.29, 0.717) is 0 Å². The summed E-state index contributed by atoms with van der Waals surface area (Å²) >= 11 is 0. The van der Waals surface area contributed by atoms with Crippen LogP contribution in [0.3, 0.4) is 0 Å². The number of piperidine rings is 1. The molecule has 1 aliphatic carbocycles. The fourth-order valence-electron chi connectivity index (χ4n) is 3.76. The molecule has 1 saturated heterocycles. The van der Waals surface area contributed by atoms with Gasteiger partial charge < -0.3 is 10.0 Å². The van der Waals surface area contributed by atoms with Gasteiger partial charge in [-0.2, -0.15) is 0 Å². The van der Waals surface area contributed by atoms with Gasteiger partial charge in [-0.15, -0.1) is 0 Å². The first-order valence-electron chi connectivity index (χ1n) is 7.85. The summed E-state index contributed by atoms with van der Waals surface area (Å²) in [6, 6.07) is 3.80. The highest BCUT2D eigenvalue weighted by Crippen LogP contribution is 2.37. The van der Waals surface area contributed by atoms with Gasteiger partial charge >= 0.3 is 5.97 Å². The van der Waals surface area contributed by atoms with Crippen molar-refractivity contribution in [2.24, 2.45) is 11.8 Å².